The zero-order chi connectivity index (χ0) is 20.8. The lowest BCUT2D eigenvalue weighted by atomic mass is 10.0. The van der Waals surface area contributed by atoms with Crippen LogP contribution >= 0.6 is 11.3 Å². The summed E-state index contributed by atoms with van der Waals surface area (Å²) in [5, 5.41) is 11.1. The minimum absolute atomic E-state index is 0.679. The van der Waals surface area contributed by atoms with Crippen molar-refractivity contribution in [3.63, 3.8) is 0 Å². The SMILES string of the molecule is C=CCn1c(-c2ccc(-c3ccccc3)cc2)cs/c1=N\N=C(/C)c1ccccc1. The lowest BCUT2D eigenvalue weighted by molar-refractivity contribution is 0.788. The van der Waals surface area contributed by atoms with Gasteiger partial charge in [-0.25, -0.2) is 0 Å². The van der Waals surface area contributed by atoms with Gasteiger partial charge >= 0.3 is 0 Å². The maximum absolute atomic E-state index is 4.53. The Morgan fingerprint density at radius 2 is 1.47 bits per heavy atom. The fraction of sp³-hybridized carbons (Fsp3) is 0.0769. The van der Waals surface area contributed by atoms with Gasteiger partial charge in [0.05, 0.1) is 11.4 Å². The molecule has 30 heavy (non-hydrogen) atoms. The van der Waals surface area contributed by atoms with E-state index in [4.69, 9.17) is 0 Å². The molecule has 0 aliphatic carbocycles. The fourth-order valence-electron chi connectivity index (χ4n) is 3.26. The predicted molar refractivity (Wildman–Crippen MR) is 128 cm³/mol. The highest BCUT2D eigenvalue weighted by Gasteiger charge is 2.08. The van der Waals surface area contributed by atoms with E-state index < -0.39 is 0 Å². The first-order valence-electron chi connectivity index (χ1n) is 9.85. The van der Waals surface area contributed by atoms with Crippen molar-refractivity contribution < 1.29 is 0 Å². The quantitative estimate of drug-likeness (QED) is 0.200. The summed E-state index contributed by atoms with van der Waals surface area (Å²) in [7, 11) is 0. The third-order valence-electron chi connectivity index (χ3n) is 4.87. The standard InChI is InChI=1S/C26H23N3S/c1-3-18-29-25(24-16-14-23(15-17-24)22-12-8-5-9-13-22)19-30-26(29)28-27-20(2)21-10-6-4-7-11-21/h3-17,19H,1,18H2,2H3/b27-20+,28-26-. The van der Waals surface area contributed by atoms with E-state index in [9.17, 15) is 0 Å². The zero-order valence-corrected chi connectivity index (χ0v) is 17.7. The first kappa shape index (κ1) is 19.8. The normalized spacial score (nSPS) is 12.2. The summed E-state index contributed by atoms with van der Waals surface area (Å²) in [6.45, 7) is 6.57. The molecule has 0 saturated carbocycles. The van der Waals surface area contributed by atoms with Gasteiger partial charge in [0.2, 0.25) is 4.80 Å². The van der Waals surface area contributed by atoms with Crippen molar-refractivity contribution in [3.05, 3.63) is 113 Å². The van der Waals surface area contributed by atoms with Crippen molar-refractivity contribution in [3.8, 4) is 22.4 Å². The third kappa shape index (κ3) is 4.39. The van der Waals surface area contributed by atoms with Gasteiger partial charge in [0.15, 0.2) is 0 Å². The third-order valence-corrected chi connectivity index (χ3v) is 5.73. The van der Waals surface area contributed by atoms with Gasteiger partial charge in [-0.2, -0.15) is 5.10 Å². The van der Waals surface area contributed by atoms with Gasteiger partial charge in [0, 0.05) is 11.9 Å². The first-order chi connectivity index (χ1) is 14.8. The highest BCUT2D eigenvalue weighted by atomic mass is 32.1. The molecule has 0 atom stereocenters. The minimum atomic E-state index is 0.679. The molecule has 0 spiro atoms. The molecule has 0 aliphatic heterocycles. The van der Waals surface area contributed by atoms with Crippen molar-refractivity contribution in [2.24, 2.45) is 10.2 Å². The highest BCUT2D eigenvalue weighted by molar-refractivity contribution is 7.07. The molecule has 3 nitrogen and oxygen atoms in total. The first-order valence-corrected chi connectivity index (χ1v) is 10.7. The Labute approximate surface area is 181 Å². The van der Waals surface area contributed by atoms with Crippen molar-refractivity contribution in [2.75, 3.05) is 0 Å². The van der Waals surface area contributed by atoms with Crippen LogP contribution in [0.5, 0.6) is 0 Å². The van der Waals surface area contributed by atoms with E-state index in [1.807, 2.05) is 49.4 Å². The second-order valence-corrected chi connectivity index (χ2v) is 7.73. The van der Waals surface area contributed by atoms with E-state index in [2.05, 4.69) is 75.3 Å². The Morgan fingerprint density at radius 3 is 2.13 bits per heavy atom. The number of rotatable bonds is 6. The van der Waals surface area contributed by atoms with E-state index in [1.165, 1.54) is 11.1 Å². The molecule has 1 heterocycles. The van der Waals surface area contributed by atoms with Gasteiger partial charge in [0.1, 0.15) is 0 Å². The van der Waals surface area contributed by atoms with Crippen LogP contribution in [0.3, 0.4) is 0 Å². The highest BCUT2D eigenvalue weighted by Crippen LogP contribution is 2.25. The number of aromatic nitrogens is 1. The van der Waals surface area contributed by atoms with Gasteiger partial charge < -0.3 is 4.57 Å². The van der Waals surface area contributed by atoms with Crippen LogP contribution in [0.2, 0.25) is 0 Å². The Bertz CT molecular complexity index is 1210. The molecule has 0 N–H and O–H groups in total. The summed E-state index contributed by atoms with van der Waals surface area (Å²) >= 11 is 1.59. The molecule has 0 saturated heterocycles. The number of nitrogens with zero attached hydrogens (tertiary/aromatic N) is 3. The largest absolute Gasteiger partial charge is 0.311 e. The molecule has 0 aliphatic rings. The zero-order valence-electron chi connectivity index (χ0n) is 16.9. The number of benzene rings is 3. The Morgan fingerprint density at radius 1 is 0.867 bits per heavy atom. The second-order valence-electron chi connectivity index (χ2n) is 6.90. The summed E-state index contributed by atoms with van der Waals surface area (Å²) in [4.78, 5) is 0.854. The number of allylic oxidation sites excluding steroid dienone is 1. The molecular weight excluding hydrogens is 386 g/mol. The topological polar surface area (TPSA) is 29.6 Å². The summed E-state index contributed by atoms with van der Waals surface area (Å²) in [6.07, 6.45) is 1.89. The van der Waals surface area contributed by atoms with E-state index >= 15 is 0 Å². The van der Waals surface area contributed by atoms with E-state index in [0.29, 0.717) is 6.54 Å². The molecular formula is C26H23N3S. The van der Waals surface area contributed by atoms with Gasteiger partial charge in [-0.15, -0.1) is 23.0 Å². The molecule has 1 aromatic heterocycles. The van der Waals surface area contributed by atoms with Crippen LogP contribution in [0.4, 0.5) is 0 Å². The molecule has 0 fully saturated rings. The van der Waals surface area contributed by atoms with Crippen LogP contribution in [-0.4, -0.2) is 10.3 Å². The molecule has 4 aromatic rings. The average molecular weight is 410 g/mol. The van der Waals surface area contributed by atoms with Crippen LogP contribution in [-0.2, 0) is 6.54 Å². The molecule has 4 rings (SSSR count). The summed E-state index contributed by atoms with van der Waals surface area (Å²) in [5.74, 6) is 0. The molecule has 3 aromatic carbocycles. The van der Waals surface area contributed by atoms with Crippen LogP contribution < -0.4 is 4.80 Å². The van der Waals surface area contributed by atoms with E-state index in [0.717, 1.165) is 27.3 Å². The summed E-state index contributed by atoms with van der Waals surface area (Å²) in [5.41, 5.74) is 6.66. The van der Waals surface area contributed by atoms with Crippen LogP contribution in [0, 0.1) is 0 Å². The minimum Gasteiger partial charge on any atom is -0.311 e. The summed E-state index contributed by atoms with van der Waals surface area (Å²) in [6, 6.07) is 29.2. The van der Waals surface area contributed by atoms with Gasteiger partial charge in [-0.3, -0.25) is 0 Å². The van der Waals surface area contributed by atoms with Crippen LogP contribution in [0.15, 0.2) is 113 Å². The van der Waals surface area contributed by atoms with Gasteiger partial charge in [-0.1, -0.05) is 91.0 Å². The Balaban J connectivity index is 1.68. The molecule has 0 radical (unpaired) electrons. The van der Waals surface area contributed by atoms with Gasteiger partial charge in [0.25, 0.3) is 0 Å². The Kier molecular flexibility index (Phi) is 6.16. The Hall–Kier alpha value is -3.50. The predicted octanol–water partition coefficient (Wildman–Crippen LogP) is 6.39. The van der Waals surface area contributed by atoms with Crippen molar-refractivity contribution >= 4 is 17.0 Å². The van der Waals surface area contributed by atoms with Crippen LogP contribution in [0.25, 0.3) is 22.4 Å². The number of hydrogen-bond acceptors (Lipinski definition) is 3. The van der Waals surface area contributed by atoms with E-state index in [1.54, 1.807) is 11.3 Å². The maximum Gasteiger partial charge on any atom is 0.211 e. The van der Waals surface area contributed by atoms with Crippen molar-refractivity contribution in [1.82, 2.24) is 4.57 Å². The maximum atomic E-state index is 4.53. The lowest BCUT2D eigenvalue weighted by Gasteiger charge is -2.08. The van der Waals surface area contributed by atoms with Crippen molar-refractivity contribution in [2.45, 2.75) is 13.5 Å². The van der Waals surface area contributed by atoms with E-state index in [-0.39, 0.29) is 0 Å². The molecule has 0 amide bonds. The van der Waals surface area contributed by atoms with Gasteiger partial charge in [-0.05, 0) is 29.2 Å². The molecule has 148 valence electrons. The average Bonchev–Trinajstić information content (AvgIpc) is 3.21. The molecule has 4 heteroatoms. The second kappa shape index (κ2) is 9.33. The smallest absolute Gasteiger partial charge is 0.211 e. The number of hydrogen-bond donors (Lipinski definition) is 0. The number of thiazole rings is 1. The lowest BCUT2D eigenvalue weighted by Crippen LogP contribution is -2.15. The monoisotopic (exact) mass is 409 g/mol. The fourth-order valence-corrected chi connectivity index (χ4v) is 4.13. The van der Waals surface area contributed by atoms with Crippen LogP contribution in [0.1, 0.15) is 12.5 Å². The van der Waals surface area contributed by atoms with Crippen molar-refractivity contribution in [1.29, 1.82) is 0 Å². The molecule has 0 unspecified atom stereocenters. The molecule has 0 bridgehead atoms. The summed E-state index contributed by atoms with van der Waals surface area (Å²) < 4.78 is 2.15.